The van der Waals surface area contributed by atoms with Crippen LogP contribution in [0.5, 0.6) is 0 Å². The first-order valence-corrected chi connectivity index (χ1v) is 10.1. The average molecular weight is 533 g/mol. The number of aromatic nitrogens is 4. The van der Waals surface area contributed by atoms with Crippen LogP contribution in [0.3, 0.4) is 0 Å². The second-order valence-corrected chi connectivity index (χ2v) is 7.98. The Bertz CT molecular complexity index is 1350. The first-order valence-electron chi connectivity index (χ1n) is 9.00. The number of alkyl halides is 3. The van der Waals surface area contributed by atoms with Crippen molar-refractivity contribution in [3.05, 3.63) is 82.5 Å². The second kappa shape index (κ2) is 8.10. The maximum atomic E-state index is 13.8. The minimum atomic E-state index is -3.08. The molecule has 10 heteroatoms. The van der Waals surface area contributed by atoms with E-state index in [0.717, 1.165) is 22.6 Å². The van der Waals surface area contributed by atoms with Gasteiger partial charge in [0.1, 0.15) is 5.82 Å². The Morgan fingerprint density at radius 3 is 2.65 bits per heavy atom. The van der Waals surface area contributed by atoms with Gasteiger partial charge in [-0.1, -0.05) is 24.3 Å². The number of benzene rings is 2. The van der Waals surface area contributed by atoms with E-state index < -0.39 is 15.4 Å². The number of hydrogen-bond donors (Lipinski definition) is 1. The van der Waals surface area contributed by atoms with Gasteiger partial charge in [0.15, 0.2) is 5.82 Å². The molecule has 2 heterocycles. The number of carbonyl (C=O) groups excluding carboxylic acids is 1. The molecular formula is C21H14F2IN5O2. The molecule has 0 radical (unpaired) electrons. The molecule has 0 saturated carbocycles. The molecule has 0 atom stereocenters. The van der Waals surface area contributed by atoms with Crippen molar-refractivity contribution in [2.45, 2.75) is 3.93 Å². The first kappa shape index (κ1) is 21.0. The van der Waals surface area contributed by atoms with Crippen LogP contribution in [0, 0.1) is 0 Å². The summed E-state index contributed by atoms with van der Waals surface area (Å²) in [7, 11) is 1.51. The van der Waals surface area contributed by atoms with Gasteiger partial charge in [-0.3, -0.25) is 19.1 Å². The lowest BCUT2D eigenvalue weighted by Gasteiger charge is -2.14. The van der Waals surface area contributed by atoms with Gasteiger partial charge in [-0.25, -0.2) is 9.97 Å². The monoisotopic (exact) mass is 533 g/mol. The van der Waals surface area contributed by atoms with Crippen molar-refractivity contribution >= 4 is 45.2 Å². The molecule has 2 aromatic carbocycles. The lowest BCUT2D eigenvalue weighted by atomic mass is 10.1. The molecule has 0 saturated heterocycles. The van der Waals surface area contributed by atoms with Gasteiger partial charge in [0.2, 0.25) is 0 Å². The van der Waals surface area contributed by atoms with E-state index in [1.54, 1.807) is 18.2 Å². The van der Waals surface area contributed by atoms with E-state index >= 15 is 0 Å². The van der Waals surface area contributed by atoms with Crippen molar-refractivity contribution in [3.8, 4) is 11.4 Å². The Labute approximate surface area is 188 Å². The van der Waals surface area contributed by atoms with Gasteiger partial charge in [0, 0.05) is 53.2 Å². The van der Waals surface area contributed by atoms with E-state index in [0.29, 0.717) is 5.56 Å². The molecule has 0 aliphatic heterocycles. The molecule has 0 bridgehead atoms. The minimum Gasteiger partial charge on any atom is -0.305 e. The number of para-hydroxylation sites is 1. The van der Waals surface area contributed by atoms with Gasteiger partial charge in [0.25, 0.3) is 11.5 Å². The fourth-order valence-corrected chi connectivity index (χ4v) is 3.45. The maximum Gasteiger partial charge on any atom is 0.321 e. The molecule has 1 N–H and O–H groups in total. The highest BCUT2D eigenvalue weighted by Crippen LogP contribution is 2.36. The van der Waals surface area contributed by atoms with Gasteiger partial charge in [-0.15, -0.1) is 0 Å². The van der Waals surface area contributed by atoms with Gasteiger partial charge in [0.05, 0.1) is 22.7 Å². The van der Waals surface area contributed by atoms with E-state index in [-0.39, 0.29) is 33.7 Å². The van der Waals surface area contributed by atoms with Gasteiger partial charge >= 0.3 is 3.93 Å². The summed E-state index contributed by atoms with van der Waals surface area (Å²) in [5, 5.41) is 2.84. The van der Waals surface area contributed by atoms with Gasteiger partial charge in [-0.2, -0.15) is 8.78 Å². The van der Waals surface area contributed by atoms with Crippen LogP contribution < -0.4 is 10.9 Å². The molecule has 0 unspecified atom stereocenters. The van der Waals surface area contributed by atoms with Crippen molar-refractivity contribution in [3.63, 3.8) is 0 Å². The third-order valence-electron chi connectivity index (χ3n) is 4.60. The number of rotatable bonds is 4. The number of amides is 1. The second-order valence-electron chi connectivity index (χ2n) is 6.62. The largest absolute Gasteiger partial charge is 0.321 e. The molecule has 2 aromatic heterocycles. The fourth-order valence-electron chi connectivity index (χ4n) is 3.12. The summed E-state index contributed by atoms with van der Waals surface area (Å²) in [4.78, 5) is 38.2. The van der Waals surface area contributed by atoms with Crippen molar-refractivity contribution in [2.75, 3.05) is 5.32 Å². The smallest absolute Gasteiger partial charge is 0.305 e. The van der Waals surface area contributed by atoms with E-state index in [4.69, 9.17) is 0 Å². The Balaban J connectivity index is 1.88. The molecule has 0 aliphatic rings. The molecule has 4 rings (SSSR count). The van der Waals surface area contributed by atoms with Crippen LogP contribution in [0.4, 0.5) is 14.6 Å². The van der Waals surface area contributed by atoms with Crippen LogP contribution in [0.2, 0.25) is 0 Å². The maximum absolute atomic E-state index is 13.8. The summed E-state index contributed by atoms with van der Waals surface area (Å²) >= 11 is 1.05. The Morgan fingerprint density at radius 1 is 1.16 bits per heavy atom. The summed E-state index contributed by atoms with van der Waals surface area (Å²) in [6, 6.07) is 10.3. The topological polar surface area (TPSA) is 89.8 Å². The number of carbonyl (C=O) groups is 1. The Kier molecular flexibility index (Phi) is 5.48. The molecule has 1 amide bonds. The summed E-state index contributed by atoms with van der Waals surface area (Å²) in [5.41, 5.74) is 0.0278. The van der Waals surface area contributed by atoms with Crippen LogP contribution in [-0.2, 0) is 11.0 Å². The Hall–Kier alpha value is -3.28. The van der Waals surface area contributed by atoms with E-state index in [1.165, 1.54) is 54.5 Å². The predicted molar refractivity (Wildman–Crippen MR) is 120 cm³/mol. The van der Waals surface area contributed by atoms with E-state index in [2.05, 4.69) is 20.3 Å². The zero-order valence-corrected chi connectivity index (χ0v) is 18.2. The lowest BCUT2D eigenvalue weighted by Crippen LogP contribution is -2.22. The Morgan fingerprint density at radius 2 is 1.94 bits per heavy atom. The van der Waals surface area contributed by atoms with Crippen molar-refractivity contribution in [2.24, 2.45) is 7.05 Å². The molecule has 0 aliphatic carbocycles. The van der Waals surface area contributed by atoms with Crippen LogP contribution in [0.15, 0.2) is 65.8 Å². The zero-order valence-electron chi connectivity index (χ0n) is 16.0. The van der Waals surface area contributed by atoms with Crippen LogP contribution >= 0.6 is 22.6 Å². The molecular weight excluding hydrogens is 519 g/mol. The van der Waals surface area contributed by atoms with Gasteiger partial charge < -0.3 is 5.32 Å². The summed E-state index contributed by atoms with van der Waals surface area (Å²) in [6.45, 7) is 0. The number of fused-ring (bicyclic) bond motifs is 1. The predicted octanol–water partition coefficient (Wildman–Crippen LogP) is 4.13. The third kappa shape index (κ3) is 4.15. The molecule has 0 fully saturated rings. The van der Waals surface area contributed by atoms with Crippen molar-refractivity contribution in [1.82, 2.24) is 19.5 Å². The minimum absolute atomic E-state index is 0.150. The summed E-state index contributed by atoms with van der Waals surface area (Å²) in [5.74, 6) is -0.115. The quantitative estimate of drug-likeness (QED) is 0.315. The van der Waals surface area contributed by atoms with Crippen LogP contribution in [0.1, 0.15) is 15.9 Å². The van der Waals surface area contributed by atoms with Crippen LogP contribution in [0.25, 0.3) is 22.3 Å². The standard InChI is InChI=1S/C21H14F2IN5O2/c1-29-18(12-4-2-5-13(10-12)21(22,23)24)28-17-14(6-3-7-15(17)20(29)31)19(30)27-16-11-25-8-9-26-16/h2-11H,1H3,(H,26,27,30). The highest BCUT2D eigenvalue weighted by atomic mass is 127. The number of halogens is 3. The SMILES string of the molecule is Cn1c(-c2cccc(C(F)(F)I)c2)nc2c(C(=O)Nc3cnccn3)cccc2c1=O. The number of hydrogen-bond acceptors (Lipinski definition) is 5. The van der Waals surface area contributed by atoms with E-state index in [9.17, 15) is 18.4 Å². The summed E-state index contributed by atoms with van der Waals surface area (Å²) in [6.07, 6.45) is 4.29. The fraction of sp³-hybridized carbons (Fsp3) is 0.0952. The average Bonchev–Trinajstić information content (AvgIpc) is 2.76. The van der Waals surface area contributed by atoms with Crippen LogP contribution in [-0.4, -0.2) is 25.4 Å². The van der Waals surface area contributed by atoms with E-state index in [1.807, 2.05) is 0 Å². The molecule has 31 heavy (non-hydrogen) atoms. The zero-order chi connectivity index (χ0) is 22.2. The first-order chi connectivity index (χ1) is 14.8. The molecule has 4 aromatic rings. The lowest BCUT2D eigenvalue weighted by molar-refractivity contribution is 0.102. The third-order valence-corrected chi connectivity index (χ3v) is 5.23. The normalized spacial score (nSPS) is 11.5. The summed E-state index contributed by atoms with van der Waals surface area (Å²) < 4.78 is 25.8. The highest BCUT2D eigenvalue weighted by molar-refractivity contribution is 14.1. The van der Waals surface area contributed by atoms with Gasteiger partial charge in [-0.05, 0) is 18.2 Å². The molecule has 156 valence electrons. The number of anilines is 1. The molecule has 7 nitrogen and oxygen atoms in total. The highest BCUT2D eigenvalue weighted by Gasteiger charge is 2.27. The number of nitrogens with zero attached hydrogens (tertiary/aromatic N) is 4. The van der Waals surface area contributed by atoms with Crippen molar-refractivity contribution < 1.29 is 13.6 Å². The number of nitrogens with one attached hydrogen (secondary N) is 1. The van der Waals surface area contributed by atoms with Crippen molar-refractivity contribution in [1.29, 1.82) is 0 Å². The molecule has 0 spiro atoms.